The third-order valence-electron chi connectivity index (χ3n) is 5.65. The Morgan fingerprint density at radius 2 is 1.96 bits per heavy atom. The summed E-state index contributed by atoms with van der Waals surface area (Å²) in [5.41, 5.74) is 2.36. The van der Waals surface area contributed by atoms with Crippen LogP contribution in [0.3, 0.4) is 0 Å². The van der Waals surface area contributed by atoms with Crippen LogP contribution in [0.4, 0.5) is 0 Å². The molecule has 1 aromatic heterocycles. The van der Waals surface area contributed by atoms with Gasteiger partial charge in [-0.2, -0.15) is 4.31 Å². The predicted molar refractivity (Wildman–Crippen MR) is 98.3 cm³/mol. The molecule has 27 heavy (non-hydrogen) atoms. The van der Waals surface area contributed by atoms with E-state index in [0.29, 0.717) is 44.0 Å². The van der Waals surface area contributed by atoms with Gasteiger partial charge in [-0.1, -0.05) is 11.2 Å². The van der Waals surface area contributed by atoms with E-state index in [1.165, 1.54) is 9.87 Å². The number of sulfonamides is 1. The number of hydrogen-bond acceptors (Lipinski definition) is 6. The zero-order valence-electron chi connectivity index (χ0n) is 15.8. The van der Waals surface area contributed by atoms with E-state index in [4.69, 9.17) is 14.0 Å². The van der Waals surface area contributed by atoms with Gasteiger partial charge in [0.1, 0.15) is 16.3 Å². The van der Waals surface area contributed by atoms with Gasteiger partial charge in [0, 0.05) is 13.1 Å². The highest BCUT2D eigenvalue weighted by atomic mass is 32.2. The number of nitrogens with zero attached hydrogens (tertiary/aromatic N) is 2. The van der Waals surface area contributed by atoms with Crippen molar-refractivity contribution in [3.8, 4) is 5.75 Å². The summed E-state index contributed by atoms with van der Waals surface area (Å²) in [4.78, 5) is 0.188. The summed E-state index contributed by atoms with van der Waals surface area (Å²) in [5.74, 6) is 1.17. The van der Waals surface area contributed by atoms with Gasteiger partial charge in [-0.3, -0.25) is 0 Å². The monoisotopic (exact) mass is 392 g/mol. The summed E-state index contributed by atoms with van der Waals surface area (Å²) in [6.07, 6.45) is 2.08. The fraction of sp³-hybridized carbons (Fsp3) is 0.526. The number of aromatic nitrogens is 1. The smallest absolute Gasteiger partial charge is 0.248 e. The molecule has 1 fully saturated rings. The second kappa shape index (κ2) is 6.61. The number of methoxy groups -OCH3 is 1. The van der Waals surface area contributed by atoms with Crippen LogP contribution in [0.25, 0.3) is 0 Å². The number of aryl methyl sites for hydroxylation is 2. The van der Waals surface area contributed by atoms with E-state index in [1.54, 1.807) is 21.0 Å². The second-order valence-electron chi connectivity index (χ2n) is 7.17. The molecule has 0 bridgehead atoms. The molecule has 1 saturated heterocycles. The normalized spacial score (nSPS) is 19.8. The Labute approximate surface area is 159 Å². The molecular weight excluding hydrogens is 368 g/mol. The van der Waals surface area contributed by atoms with Gasteiger partial charge < -0.3 is 14.0 Å². The molecule has 8 heteroatoms. The zero-order valence-corrected chi connectivity index (χ0v) is 16.6. The number of fused-ring (bicyclic) bond motifs is 2. The maximum Gasteiger partial charge on any atom is 0.248 e. The van der Waals surface area contributed by atoms with E-state index >= 15 is 0 Å². The lowest BCUT2D eigenvalue weighted by atomic mass is 9.80. The maximum absolute atomic E-state index is 13.1. The van der Waals surface area contributed by atoms with Crippen LogP contribution in [0, 0.1) is 13.8 Å². The molecule has 2 aliphatic heterocycles. The van der Waals surface area contributed by atoms with Crippen molar-refractivity contribution in [1.82, 2.24) is 9.46 Å². The molecule has 0 atom stereocenters. The molecular formula is C19H24N2O5S. The molecule has 4 rings (SSSR count). The highest BCUT2D eigenvalue weighted by Gasteiger charge is 2.44. The fourth-order valence-electron chi connectivity index (χ4n) is 4.26. The SMILES string of the molecule is COc1ccc2c(c1)CCOC21CCN(S(=O)(=O)c2c(C)noc2C)CC1. The summed E-state index contributed by atoms with van der Waals surface area (Å²) in [6, 6.07) is 6.07. The molecule has 3 heterocycles. The van der Waals surface area contributed by atoms with E-state index in [-0.39, 0.29) is 4.90 Å². The van der Waals surface area contributed by atoms with Gasteiger partial charge in [-0.15, -0.1) is 0 Å². The van der Waals surface area contributed by atoms with Crippen LogP contribution >= 0.6 is 0 Å². The van der Waals surface area contributed by atoms with Crippen molar-refractivity contribution < 1.29 is 22.4 Å². The van der Waals surface area contributed by atoms with Crippen molar-refractivity contribution in [3.63, 3.8) is 0 Å². The van der Waals surface area contributed by atoms with Gasteiger partial charge >= 0.3 is 0 Å². The van der Waals surface area contributed by atoms with Crippen molar-refractivity contribution in [3.05, 3.63) is 40.8 Å². The molecule has 0 amide bonds. The van der Waals surface area contributed by atoms with Crippen molar-refractivity contribution in [2.24, 2.45) is 0 Å². The molecule has 1 aromatic carbocycles. The van der Waals surface area contributed by atoms with E-state index in [1.807, 2.05) is 6.07 Å². The summed E-state index contributed by atoms with van der Waals surface area (Å²) >= 11 is 0. The first-order chi connectivity index (χ1) is 12.9. The Kier molecular flexibility index (Phi) is 4.52. The summed E-state index contributed by atoms with van der Waals surface area (Å²) < 4.78 is 44.2. The lowest BCUT2D eigenvalue weighted by Gasteiger charge is -2.44. The van der Waals surface area contributed by atoms with Crippen molar-refractivity contribution in [1.29, 1.82) is 0 Å². The largest absolute Gasteiger partial charge is 0.497 e. The summed E-state index contributed by atoms with van der Waals surface area (Å²) in [7, 11) is -1.96. The number of benzene rings is 1. The quantitative estimate of drug-likeness (QED) is 0.798. The number of hydrogen-bond donors (Lipinski definition) is 0. The third kappa shape index (κ3) is 2.96. The molecule has 2 aromatic rings. The van der Waals surface area contributed by atoms with Gasteiger partial charge in [0.05, 0.1) is 19.3 Å². The molecule has 0 radical (unpaired) electrons. The Balaban J connectivity index is 1.60. The summed E-state index contributed by atoms with van der Waals surface area (Å²) in [6.45, 7) is 4.72. The van der Waals surface area contributed by atoms with Crippen LogP contribution in [0.2, 0.25) is 0 Å². The molecule has 7 nitrogen and oxygen atoms in total. The molecule has 0 saturated carbocycles. The van der Waals surface area contributed by atoms with Crippen LogP contribution < -0.4 is 4.74 Å². The molecule has 2 aliphatic rings. The average Bonchev–Trinajstić information content (AvgIpc) is 3.01. The van der Waals surface area contributed by atoms with Crippen LogP contribution in [-0.4, -0.2) is 44.7 Å². The van der Waals surface area contributed by atoms with Gasteiger partial charge in [0.25, 0.3) is 0 Å². The van der Waals surface area contributed by atoms with E-state index in [2.05, 4.69) is 17.3 Å². The van der Waals surface area contributed by atoms with Crippen molar-refractivity contribution in [2.75, 3.05) is 26.8 Å². The first kappa shape index (κ1) is 18.5. The standard InChI is InChI=1S/C19H24N2O5S/c1-13-18(14(2)26-20-13)27(22,23)21-9-7-19(8-10-21)17-5-4-16(24-3)12-15(17)6-11-25-19/h4-5,12H,6-11H2,1-3H3. The van der Waals surface area contributed by atoms with E-state index in [0.717, 1.165) is 17.7 Å². The predicted octanol–water partition coefficient (Wildman–Crippen LogP) is 2.55. The zero-order chi connectivity index (χ0) is 19.2. The maximum atomic E-state index is 13.1. The number of rotatable bonds is 3. The topological polar surface area (TPSA) is 81.9 Å². The second-order valence-corrected chi connectivity index (χ2v) is 9.05. The fourth-order valence-corrected chi connectivity index (χ4v) is 5.99. The van der Waals surface area contributed by atoms with Gasteiger partial charge in [0.15, 0.2) is 5.76 Å². The Morgan fingerprint density at radius 1 is 1.22 bits per heavy atom. The molecule has 0 N–H and O–H groups in total. The van der Waals surface area contributed by atoms with E-state index in [9.17, 15) is 8.42 Å². The molecule has 1 spiro atoms. The van der Waals surface area contributed by atoms with Gasteiger partial charge in [-0.25, -0.2) is 8.42 Å². The Hall–Kier alpha value is -1.90. The minimum Gasteiger partial charge on any atom is -0.497 e. The van der Waals surface area contributed by atoms with Crippen LogP contribution in [0.5, 0.6) is 5.75 Å². The minimum atomic E-state index is -3.62. The minimum absolute atomic E-state index is 0.188. The van der Waals surface area contributed by atoms with E-state index < -0.39 is 15.6 Å². The molecule has 146 valence electrons. The highest BCUT2D eigenvalue weighted by molar-refractivity contribution is 7.89. The van der Waals surface area contributed by atoms with Crippen LogP contribution in [0.15, 0.2) is 27.6 Å². The number of ether oxygens (including phenoxy) is 2. The lowest BCUT2D eigenvalue weighted by Crippen LogP contribution is -2.48. The molecule has 0 unspecified atom stereocenters. The third-order valence-corrected chi connectivity index (χ3v) is 7.79. The number of piperidine rings is 1. The van der Waals surface area contributed by atoms with Crippen molar-refractivity contribution in [2.45, 2.75) is 43.6 Å². The molecule has 0 aliphatic carbocycles. The van der Waals surface area contributed by atoms with Crippen LogP contribution in [-0.2, 0) is 26.8 Å². The van der Waals surface area contributed by atoms with Gasteiger partial charge in [-0.05, 0) is 56.4 Å². The van der Waals surface area contributed by atoms with Crippen molar-refractivity contribution >= 4 is 10.0 Å². The Bertz CT molecular complexity index is 939. The first-order valence-corrected chi connectivity index (χ1v) is 10.6. The summed E-state index contributed by atoms with van der Waals surface area (Å²) in [5, 5.41) is 3.79. The highest BCUT2D eigenvalue weighted by Crippen LogP contribution is 2.43. The van der Waals surface area contributed by atoms with Gasteiger partial charge in [0.2, 0.25) is 10.0 Å². The Morgan fingerprint density at radius 3 is 2.59 bits per heavy atom. The average molecular weight is 392 g/mol. The first-order valence-electron chi connectivity index (χ1n) is 9.12. The van der Waals surface area contributed by atoms with Crippen LogP contribution in [0.1, 0.15) is 35.4 Å². The lowest BCUT2D eigenvalue weighted by molar-refractivity contribution is -0.0892.